The first-order chi connectivity index (χ1) is 9.13. The molecule has 0 fully saturated rings. The summed E-state index contributed by atoms with van der Waals surface area (Å²) in [5.41, 5.74) is 6.38. The van der Waals surface area contributed by atoms with Gasteiger partial charge in [0.1, 0.15) is 0 Å². The molecule has 1 aromatic carbocycles. The Bertz CT molecular complexity index is 555. The molecule has 102 valence electrons. The van der Waals surface area contributed by atoms with Crippen LogP contribution in [-0.2, 0) is 13.1 Å². The number of nitrogens with zero attached hydrogens (tertiary/aromatic N) is 2. The van der Waals surface area contributed by atoms with Crippen molar-refractivity contribution < 1.29 is 0 Å². The van der Waals surface area contributed by atoms with E-state index in [-0.39, 0.29) is 0 Å². The molecular formula is C16H23N3. The standard InChI is InChI=1S/C16H23N3/c1-5-17-10-16-13(3)18-19(14(16)4)11-15-9-7-6-8-12(15)2/h6-9,17H,5,10-11H2,1-4H3. The number of aryl methyl sites for hydroxylation is 2. The number of nitrogens with one attached hydrogen (secondary N) is 1. The molecule has 3 heteroatoms. The van der Waals surface area contributed by atoms with Crippen LogP contribution in [-0.4, -0.2) is 16.3 Å². The van der Waals surface area contributed by atoms with Crippen molar-refractivity contribution in [2.24, 2.45) is 0 Å². The quantitative estimate of drug-likeness (QED) is 0.892. The summed E-state index contributed by atoms with van der Waals surface area (Å²) >= 11 is 0. The molecule has 0 bridgehead atoms. The summed E-state index contributed by atoms with van der Waals surface area (Å²) in [5, 5.41) is 8.06. The second kappa shape index (κ2) is 6.02. The Balaban J connectivity index is 2.24. The van der Waals surface area contributed by atoms with Crippen molar-refractivity contribution >= 4 is 0 Å². The lowest BCUT2D eigenvalue weighted by molar-refractivity contribution is 0.653. The van der Waals surface area contributed by atoms with Gasteiger partial charge in [0.05, 0.1) is 12.2 Å². The lowest BCUT2D eigenvalue weighted by Gasteiger charge is -2.08. The van der Waals surface area contributed by atoms with Crippen molar-refractivity contribution in [1.29, 1.82) is 0 Å². The van der Waals surface area contributed by atoms with E-state index < -0.39 is 0 Å². The minimum Gasteiger partial charge on any atom is -0.313 e. The van der Waals surface area contributed by atoms with E-state index in [1.165, 1.54) is 22.4 Å². The summed E-state index contributed by atoms with van der Waals surface area (Å²) in [5.74, 6) is 0. The molecule has 19 heavy (non-hydrogen) atoms. The summed E-state index contributed by atoms with van der Waals surface area (Å²) in [6.45, 7) is 11.3. The summed E-state index contributed by atoms with van der Waals surface area (Å²) in [7, 11) is 0. The van der Waals surface area contributed by atoms with Gasteiger partial charge >= 0.3 is 0 Å². The summed E-state index contributed by atoms with van der Waals surface area (Å²) in [4.78, 5) is 0. The molecule has 0 unspecified atom stereocenters. The van der Waals surface area contributed by atoms with Gasteiger partial charge in [-0.3, -0.25) is 4.68 Å². The molecule has 0 aliphatic carbocycles. The largest absolute Gasteiger partial charge is 0.313 e. The Kier molecular flexibility index (Phi) is 4.38. The molecule has 1 N–H and O–H groups in total. The predicted molar refractivity (Wildman–Crippen MR) is 79.4 cm³/mol. The number of aromatic nitrogens is 2. The summed E-state index contributed by atoms with van der Waals surface area (Å²) in [6.07, 6.45) is 0. The van der Waals surface area contributed by atoms with Gasteiger partial charge < -0.3 is 5.32 Å². The van der Waals surface area contributed by atoms with Crippen LogP contribution in [0.15, 0.2) is 24.3 Å². The third-order valence-electron chi connectivity index (χ3n) is 3.66. The normalized spacial score (nSPS) is 10.9. The molecular weight excluding hydrogens is 234 g/mol. The maximum atomic E-state index is 4.68. The molecule has 0 atom stereocenters. The van der Waals surface area contributed by atoms with Gasteiger partial charge in [0.25, 0.3) is 0 Å². The molecule has 0 radical (unpaired) electrons. The molecule has 0 saturated heterocycles. The second-order valence-corrected chi connectivity index (χ2v) is 5.01. The van der Waals surface area contributed by atoms with Crippen molar-refractivity contribution in [3.05, 3.63) is 52.3 Å². The Hall–Kier alpha value is -1.61. The zero-order valence-corrected chi connectivity index (χ0v) is 12.3. The Labute approximate surface area is 115 Å². The van der Waals surface area contributed by atoms with Crippen LogP contribution in [0.2, 0.25) is 0 Å². The van der Waals surface area contributed by atoms with Gasteiger partial charge in [-0.2, -0.15) is 5.10 Å². The molecule has 1 heterocycles. The maximum Gasteiger partial charge on any atom is 0.0665 e. The highest BCUT2D eigenvalue weighted by Crippen LogP contribution is 2.16. The van der Waals surface area contributed by atoms with Gasteiger partial charge in [-0.05, 0) is 38.4 Å². The predicted octanol–water partition coefficient (Wildman–Crippen LogP) is 2.97. The van der Waals surface area contributed by atoms with E-state index in [2.05, 4.69) is 67.1 Å². The van der Waals surface area contributed by atoms with Crippen LogP contribution in [0.3, 0.4) is 0 Å². The van der Waals surface area contributed by atoms with Gasteiger partial charge in [0, 0.05) is 17.8 Å². The van der Waals surface area contributed by atoms with E-state index in [1.54, 1.807) is 0 Å². The fraction of sp³-hybridized carbons (Fsp3) is 0.438. The Morgan fingerprint density at radius 2 is 1.89 bits per heavy atom. The monoisotopic (exact) mass is 257 g/mol. The van der Waals surface area contributed by atoms with Gasteiger partial charge in [-0.15, -0.1) is 0 Å². The first kappa shape index (κ1) is 13.8. The van der Waals surface area contributed by atoms with Crippen LogP contribution in [0.4, 0.5) is 0 Å². The third-order valence-corrected chi connectivity index (χ3v) is 3.66. The topological polar surface area (TPSA) is 29.9 Å². The van der Waals surface area contributed by atoms with Crippen molar-refractivity contribution in [1.82, 2.24) is 15.1 Å². The van der Waals surface area contributed by atoms with Crippen molar-refractivity contribution in [2.75, 3.05) is 6.54 Å². The van der Waals surface area contributed by atoms with Gasteiger partial charge in [-0.1, -0.05) is 31.2 Å². The van der Waals surface area contributed by atoms with Gasteiger partial charge in [-0.25, -0.2) is 0 Å². The molecule has 1 aromatic heterocycles. The van der Waals surface area contributed by atoms with E-state index in [9.17, 15) is 0 Å². The first-order valence-electron chi connectivity index (χ1n) is 6.91. The van der Waals surface area contributed by atoms with E-state index in [4.69, 9.17) is 0 Å². The second-order valence-electron chi connectivity index (χ2n) is 5.01. The molecule has 3 nitrogen and oxygen atoms in total. The van der Waals surface area contributed by atoms with Crippen LogP contribution in [0, 0.1) is 20.8 Å². The molecule has 0 aliphatic rings. The molecule has 2 rings (SSSR count). The summed E-state index contributed by atoms with van der Waals surface area (Å²) in [6, 6.07) is 8.50. The lowest BCUT2D eigenvalue weighted by Crippen LogP contribution is -2.13. The highest BCUT2D eigenvalue weighted by atomic mass is 15.3. The molecule has 0 amide bonds. The van der Waals surface area contributed by atoms with Crippen molar-refractivity contribution in [3.63, 3.8) is 0 Å². The lowest BCUT2D eigenvalue weighted by atomic mass is 10.1. The fourth-order valence-electron chi connectivity index (χ4n) is 2.34. The van der Waals surface area contributed by atoms with Crippen LogP contribution in [0.1, 0.15) is 35.0 Å². The SMILES string of the molecule is CCNCc1c(C)nn(Cc2ccccc2C)c1C. The van der Waals surface area contributed by atoms with E-state index in [0.717, 1.165) is 25.3 Å². The minimum absolute atomic E-state index is 0.853. The van der Waals surface area contributed by atoms with E-state index >= 15 is 0 Å². The van der Waals surface area contributed by atoms with Crippen LogP contribution in [0.5, 0.6) is 0 Å². The van der Waals surface area contributed by atoms with E-state index in [1.807, 2.05) is 0 Å². The van der Waals surface area contributed by atoms with Gasteiger partial charge in [0.2, 0.25) is 0 Å². The zero-order chi connectivity index (χ0) is 13.8. The van der Waals surface area contributed by atoms with Crippen molar-refractivity contribution in [2.45, 2.75) is 40.8 Å². The average molecular weight is 257 g/mol. The molecule has 0 spiro atoms. The minimum atomic E-state index is 0.853. The number of hydrogen-bond donors (Lipinski definition) is 1. The molecule has 0 saturated carbocycles. The Morgan fingerprint density at radius 1 is 1.16 bits per heavy atom. The maximum absolute atomic E-state index is 4.68. The smallest absolute Gasteiger partial charge is 0.0665 e. The van der Waals surface area contributed by atoms with Crippen molar-refractivity contribution in [3.8, 4) is 0 Å². The number of benzene rings is 1. The number of hydrogen-bond acceptors (Lipinski definition) is 2. The molecule has 0 aliphatic heterocycles. The average Bonchev–Trinajstić information content (AvgIpc) is 2.65. The molecule has 2 aromatic rings. The fourth-order valence-corrected chi connectivity index (χ4v) is 2.34. The van der Waals surface area contributed by atoms with Crippen LogP contribution >= 0.6 is 0 Å². The van der Waals surface area contributed by atoms with Gasteiger partial charge in [0.15, 0.2) is 0 Å². The van der Waals surface area contributed by atoms with E-state index in [0.29, 0.717) is 0 Å². The number of rotatable bonds is 5. The first-order valence-corrected chi connectivity index (χ1v) is 6.91. The Morgan fingerprint density at radius 3 is 2.58 bits per heavy atom. The van der Waals surface area contributed by atoms with Crippen LogP contribution in [0.25, 0.3) is 0 Å². The summed E-state index contributed by atoms with van der Waals surface area (Å²) < 4.78 is 2.12. The third kappa shape index (κ3) is 3.04. The highest BCUT2D eigenvalue weighted by Gasteiger charge is 2.11. The van der Waals surface area contributed by atoms with Crippen LogP contribution < -0.4 is 5.32 Å². The zero-order valence-electron chi connectivity index (χ0n) is 12.3. The highest BCUT2D eigenvalue weighted by molar-refractivity contribution is 5.29.